The Kier molecular flexibility index (Phi) is 2.80. The molecule has 2 N–H and O–H groups in total. The second kappa shape index (κ2) is 4.26. The summed E-state index contributed by atoms with van der Waals surface area (Å²) >= 11 is 0. The van der Waals surface area contributed by atoms with E-state index in [1.165, 1.54) is 0 Å². The molecule has 0 aromatic carbocycles. The lowest BCUT2D eigenvalue weighted by Gasteiger charge is -2.05. The Hall–Kier alpha value is -1.98. The Balaban J connectivity index is 1.97. The second-order valence-corrected chi connectivity index (χ2v) is 3.83. The predicted molar refractivity (Wildman–Crippen MR) is 61.5 cm³/mol. The molecule has 2 heterocycles. The van der Waals surface area contributed by atoms with Crippen LogP contribution in [0.4, 0.5) is 11.9 Å². The molecule has 16 heavy (non-hydrogen) atoms. The highest BCUT2D eigenvalue weighted by Crippen LogP contribution is 2.11. The number of aromatic nitrogens is 3. The number of hydrogen-bond acceptors (Lipinski definition) is 5. The van der Waals surface area contributed by atoms with Gasteiger partial charge in [0.1, 0.15) is 0 Å². The summed E-state index contributed by atoms with van der Waals surface area (Å²) in [6.07, 6.45) is 3.45. The van der Waals surface area contributed by atoms with Gasteiger partial charge in [0.15, 0.2) is 0 Å². The molecule has 0 aliphatic rings. The Morgan fingerprint density at radius 1 is 1.38 bits per heavy atom. The van der Waals surface area contributed by atoms with Crippen molar-refractivity contribution in [3.63, 3.8) is 0 Å². The largest absolute Gasteiger partial charge is 0.472 e. The van der Waals surface area contributed by atoms with Crippen LogP contribution in [0, 0.1) is 6.92 Å². The molecule has 6 heteroatoms. The molecule has 0 unspecified atom stereocenters. The van der Waals surface area contributed by atoms with Crippen molar-refractivity contribution in [2.75, 3.05) is 24.3 Å². The number of aromatic amines is 1. The van der Waals surface area contributed by atoms with Gasteiger partial charge >= 0.3 is 0 Å². The summed E-state index contributed by atoms with van der Waals surface area (Å²) in [5.74, 6) is 1.38. The van der Waals surface area contributed by atoms with E-state index in [9.17, 15) is 0 Å². The van der Waals surface area contributed by atoms with E-state index in [4.69, 9.17) is 4.42 Å². The molecule has 0 aliphatic carbocycles. The Morgan fingerprint density at radius 2 is 2.19 bits per heavy atom. The molecule has 0 spiro atoms. The van der Waals surface area contributed by atoms with Gasteiger partial charge in [0.25, 0.3) is 0 Å². The van der Waals surface area contributed by atoms with Gasteiger partial charge in [0.05, 0.1) is 12.5 Å². The summed E-state index contributed by atoms with van der Waals surface area (Å²) in [7, 11) is 3.81. The number of anilines is 2. The molecule has 2 rings (SSSR count). The summed E-state index contributed by atoms with van der Waals surface area (Å²) in [5.41, 5.74) is 2.24. The van der Waals surface area contributed by atoms with Gasteiger partial charge in [0, 0.05) is 26.2 Å². The average Bonchev–Trinajstić information content (AvgIpc) is 2.83. The smallest absolute Gasteiger partial charge is 0.225 e. The van der Waals surface area contributed by atoms with Crippen LogP contribution >= 0.6 is 0 Å². The second-order valence-electron chi connectivity index (χ2n) is 3.83. The zero-order valence-corrected chi connectivity index (χ0v) is 9.61. The first-order chi connectivity index (χ1) is 7.66. The van der Waals surface area contributed by atoms with Crippen molar-refractivity contribution >= 4 is 11.9 Å². The van der Waals surface area contributed by atoms with Crippen molar-refractivity contribution in [3.8, 4) is 0 Å². The SMILES string of the molecule is Cc1cocc1CNc1nnc(N(C)C)[nH]1. The Bertz CT molecular complexity index is 459. The summed E-state index contributed by atoms with van der Waals surface area (Å²) in [6, 6.07) is 0. The van der Waals surface area contributed by atoms with E-state index < -0.39 is 0 Å². The highest BCUT2D eigenvalue weighted by atomic mass is 16.3. The zero-order chi connectivity index (χ0) is 11.5. The average molecular weight is 221 g/mol. The molecule has 0 amide bonds. The first-order valence-electron chi connectivity index (χ1n) is 5.02. The van der Waals surface area contributed by atoms with Crippen molar-refractivity contribution in [3.05, 3.63) is 23.7 Å². The highest BCUT2D eigenvalue weighted by Gasteiger charge is 2.05. The molecule has 0 fully saturated rings. The highest BCUT2D eigenvalue weighted by molar-refractivity contribution is 5.36. The lowest BCUT2D eigenvalue weighted by atomic mass is 10.2. The van der Waals surface area contributed by atoms with Crippen molar-refractivity contribution in [2.24, 2.45) is 0 Å². The summed E-state index contributed by atoms with van der Waals surface area (Å²) < 4.78 is 5.08. The van der Waals surface area contributed by atoms with Crippen LogP contribution in [-0.2, 0) is 6.54 Å². The number of hydrogen-bond donors (Lipinski definition) is 2. The summed E-state index contributed by atoms with van der Waals surface area (Å²) in [4.78, 5) is 4.92. The Morgan fingerprint density at radius 3 is 2.75 bits per heavy atom. The van der Waals surface area contributed by atoms with Crippen LogP contribution in [0.25, 0.3) is 0 Å². The molecule has 2 aromatic heterocycles. The van der Waals surface area contributed by atoms with E-state index in [0.717, 1.165) is 17.1 Å². The lowest BCUT2D eigenvalue weighted by Crippen LogP contribution is -2.10. The molecule has 0 bridgehead atoms. The van der Waals surface area contributed by atoms with Crippen LogP contribution in [0.15, 0.2) is 16.9 Å². The van der Waals surface area contributed by atoms with Crippen molar-refractivity contribution < 1.29 is 4.42 Å². The zero-order valence-electron chi connectivity index (χ0n) is 9.61. The number of H-pyrrole nitrogens is 1. The number of nitrogens with one attached hydrogen (secondary N) is 2. The minimum atomic E-state index is 0.657. The molecule has 86 valence electrons. The van der Waals surface area contributed by atoms with Gasteiger partial charge in [-0.15, -0.1) is 10.2 Å². The van der Waals surface area contributed by atoms with Gasteiger partial charge in [-0.05, 0) is 12.5 Å². The van der Waals surface area contributed by atoms with Crippen LogP contribution in [0.5, 0.6) is 0 Å². The van der Waals surface area contributed by atoms with E-state index in [1.807, 2.05) is 25.9 Å². The van der Waals surface area contributed by atoms with Crippen LogP contribution in [0.2, 0.25) is 0 Å². The topological polar surface area (TPSA) is 70.0 Å². The van der Waals surface area contributed by atoms with Crippen LogP contribution < -0.4 is 10.2 Å². The van der Waals surface area contributed by atoms with Gasteiger partial charge in [0.2, 0.25) is 11.9 Å². The summed E-state index contributed by atoms with van der Waals surface area (Å²) in [6.45, 7) is 2.68. The molecular formula is C10H15N5O. The molecule has 0 saturated carbocycles. The van der Waals surface area contributed by atoms with E-state index in [0.29, 0.717) is 12.5 Å². The van der Waals surface area contributed by atoms with Gasteiger partial charge < -0.3 is 14.6 Å². The van der Waals surface area contributed by atoms with Gasteiger partial charge in [-0.3, -0.25) is 4.98 Å². The molecular weight excluding hydrogens is 206 g/mol. The predicted octanol–water partition coefficient (Wildman–Crippen LogP) is 1.38. The van der Waals surface area contributed by atoms with E-state index in [-0.39, 0.29) is 0 Å². The third kappa shape index (κ3) is 2.16. The van der Waals surface area contributed by atoms with E-state index in [1.54, 1.807) is 12.5 Å². The van der Waals surface area contributed by atoms with Crippen LogP contribution in [-0.4, -0.2) is 29.3 Å². The lowest BCUT2D eigenvalue weighted by molar-refractivity contribution is 0.563. The standard InChI is InChI=1S/C10H15N5O/c1-7-5-16-6-8(7)4-11-9-12-10(14-13-9)15(2)3/h5-6H,4H2,1-3H3,(H2,11,12,13,14). The van der Waals surface area contributed by atoms with Crippen molar-refractivity contribution in [1.29, 1.82) is 0 Å². The maximum atomic E-state index is 5.08. The monoisotopic (exact) mass is 221 g/mol. The molecule has 0 atom stereocenters. The number of aryl methyl sites for hydroxylation is 1. The molecule has 0 radical (unpaired) electrons. The van der Waals surface area contributed by atoms with Crippen molar-refractivity contribution in [1.82, 2.24) is 15.2 Å². The van der Waals surface area contributed by atoms with E-state index >= 15 is 0 Å². The fraction of sp³-hybridized carbons (Fsp3) is 0.400. The molecule has 6 nitrogen and oxygen atoms in total. The Labute approximate surface area is 93.7 Å². The fourth-order valence-electron chi connectivity index (χ4n) is 1.28. The molecule has 0 saturated heterocycles. The van der Waals surface area contributed by atoms with E-state index in [2.05, 4.69) is 20.5 Å². The number of furan rings is 1. The first kappa shape index (κ1) is 10.5. The maximum absolute atomic E-state index is 5.08. The first-order valence-corrected chi connectivity index (χ1v) is 5.02. The van der Waals surface area contributed by atoms with Crippen LogP contribution in [0.3, 0.4) is 0 Å². The quantitative estimate of drug-likeness (QED) is 0.816. The third-order valence-corrected chi connectivity index (χ3v) is 2.31. The normalized spacial score (nSPS) is 10.4. The fourth-order valence-corrected chi connectivity index (χ4v) is 1.28. The molecule has 0 aliphatic heterocycles. The number of rotatable bonds is 4. The molecule has 2 aromatic rings. The van der Waals surface area contributed by atoms with Gasteiger partial charge in [-0.2, -0.15) is 0 Å². The maximum Gasteiger partial charge on any atom is 0.225 e. The van der Waals surface area contributed by atoms with Crippen LogP contribution in [0.1, 0.15) is 11.1 Å². The summed E-state index contributed by atoms with van der Waals surface area (Å²) in [5, 5.41) is 11.1. The number of nitrogens with zero attached hydrogens (tertiary/aromatic N) is 3. The minimum absolute atomic E-state index is 0.657. The minimum Gasteiger partial charge on any atom is -0.472 e. The van der Waals surface area contributed by atoms with Gasteiger partial charge in [-0.1, -0.05) is 0 Å². The van der Waals surface area contributed by atoms with Crippen molar-refractivity contribution in [2.45, 2.75) is 13.5 Å². The third-order valence-electron chi connectivity index (χ3n) is 2.31. The van der Waals surface area contributed by atoms with Gasteiger partial charge in [-0.25, -0.2) is 0 Å².